The Bertz CT molecular complexity index is 590. The lowest BCUT2D eigenvalue weighted by molar-refractivity contribution is 0.326. The zero-order valence-corrected chi connectivity index (χ0v) is 12.3. The molecule has 0 bridgehead atoms. The summed E-state index contributed by atoms with van der Waals surface area (Å²) < 4.78 is 10.9. The Morgan fingerprint density at radius 2 is 1.90 bits per heavy atom. The van der Waals surface area contributed by atoms with E-state index < -0.39 is 0 Å². The van der Waals surface area contributed by atoms with Crippen molar-refractivity contribution in [2.24, 2.45) is 5.73 Å². The Hall–Kier alpha value is -2.34. The second kappa shape index (κ2) is 7.44. The second-order valence-electron chi connectivity index (χ2n) is 4.26. The third-order valence-corrected chi connectivity index (χ3v) is 2.79. The number of nitrogens with zero attached hydrogens (tertiary/aromatic N) is 2. The first-order valence-electron chi connectivity index (χ1n) is 6.94. The summed E-state index contributed by atoms with van der Waals surface area (Å²) in [4.78, 5) is 8.20. The number of aromatic nitrogens is 2. The molecule has 0 atom stereocenters. The lowest BCUT2D eigenvalue weighted by atomic mass is 10.1. The van der Waals surface area contributed by atoms with Gasteiger partial charge in [0.2, 0.25) is 5.88 Å². The normalized spacial score (nSPS) is 10.2. The van der Waals surface area contributed by atoms with E-state index in [9.17, 15) is 0 Å². The van der Waals surface area contributed by atoms with E-state index in [1.54, 1.807) is 6.07 Å². The van der Waals surface area contributed by atoms with Gasteiger partial charge in [-0.05, 0) is 32.0 Å². The van der Waals surface area contributed by atoms with Crippen molar-refractivity contribution in [3.05, 3.63) is 36.2 Å². The summed E-state index contributed by atoms with van der Waals surface area (Å²) in [5.74, 6) is 2.02. The molecule has 0 aliphatic heterocycles. The predicted molar refractivity (Wildman–Crippen MR) is 82.0 cm³/mol. The maximum Gasteiger partial charge on any atom is 0.218 e. The molecule has 6 nitrogen and oxygen atoms in total. The van der Waals surface area contributed by atoms with Crippen molar-refractivity contribution in [3.8, 4) is 11.6 Å². The molecule has 21 heavy (non-hydrogen) atoms. The lowest BCUT2D eigenvalue weighted by Crippen LogP contribution is -2.03. The molecule has 0 fully saturated rings. The van der Waals surface area contributed by atoms with Gasteiger partial charge in [0.25, 0.3) is 0 Å². The predicted octanol–water partition coefficient (Wildman–Crippen LogP) is 2.48. The molecule has 0 aliphatic rings. The van der Waals surface area contributed by atoms with E-state index >= 15 is 0 Å². The van der Waals surface area contributed by atoms with Gasteiger partial charge in [-0.2, -0.15) is 0 Å². The maximum absolute atomic E-state index is 5.75. The van der Waals surface area contributed by atoms with Gasteiger partial charge >= 0.3 is 0 Å². The molecular weight excluding hydrogens is 268 g/mol. The molecule has 2 rings (SSSR count). The van der Waals surface area contributed by atoms with Crippen LogP contribution in [-0.2, 0) is 6.54 Å². The molecule has 0 amide bonds. The van der Waals surface area contributed by atoms with E-state index in [4.69, 9.17) is 15.2 Å². The number of nitrogens with one attached hydrogen (secondary N) is 1. The number of hydrogen-bond acceptors (Lipinski definition) is 6. The summed E-state index contributed by atoms with van der Waals surface area (Å²) >= 11 is 0. The highest BCUT2D eigenvalue weighted by Gasteiger charge is 2.05. The molecule has 1 aromatic heterocycles. The van der Waals surface area contributed by atoms with Crippen LogP contribution in [0.5, 0.6) is 11.6 Å². The van der Waals surface area contributed by atoms with Gasteiger partial charge < -0.3 is 20.5 Å². The standard InChI is InChI=1S/C15H20N4O2/c1-3-20-13-6-5-12(7-11(13)9-16)19-14-8-15(21-4-2)18-10-17-14/h5-8,10H,3-4,9,16H2,1-2H3,(H,17,18,19). The number of rotatable bonds is 7. The minimum Gasteiger partial charge on any atom is -0.494 e. The largest absolute Gasteiger partial charge is 0.494 e. The molecule has 0 saturated carbocycles. The number of anilines is 2. The van der Waals surface area contributed by atoms with E-state index in [0.29, 0.717) is 31.5 Å². The zero-order chi connectivity index (χ0) is 15.1. The monoisotopic (exact) mass is 288 g/mol. The molecule has 0 spiro atoms. The summed E-state index contributed by atoms with van der Waals surface area (Å²) in [5, 5.41) is 3.20. The van der Waals surface area contributed by atoms with Crippen LogP contribution in [0, 0.1) is 0 Å². The first kappa shape index (κ1) is 15.1. The summed E-state index contributed by atoms with van der Waals surface area (Å²) in [5.41, 5.74) is 7.59. The lowest BCUT2D eigenvalue weighted by Gasteiger charge is -2.12. The average Bonchev–Trinajstić information content (AvgIpc) is 2.50. The fourth-order valence-electron chi connectivity index (χ4n) is 1.90. The molecule has 112 valence electrons. The van der Waals surface area contributed by atoms with Gasteiger partial charge in [0, 0.05) is 23.9 Å². The van der Waals surface area contributed by atoms with Crippen molar-refractivity contribution < 1.29 is 9.47 Å². The fraction of sp³-hybridized carbons (Fsp3) is 0.333. The molecule has 1 heterocycles. The van der Waals surface area contributed by atoms with Crippen LogP contribution in [0.1, 0.15) is 19.4 Å². The molecular formula is C15H20N4O2. The summed E-state index contributed by atoms with van der Waals surface area (Å²) in [6, 6.07) is 7.53. The van der Waals surface area contributed by atoms with Crippen LogP contribution in [0.2, 0.25) is 0 Å². The van der Waals surface area contributed by atoms with Crippen LogP contribution in [0.25, 0.3) is 0 Å². The van der Waals surface area contributed by atoms with E-state index in [-0.39, 0.29) is 0 Å². The van der Waals surface area contributed by atoms with Gasteiger partial charge in [-0.1, -0.05) is 0 Å². The van der Waals surface area contributed by atoms with Crippen molar-refractivity contribution in [2.75, 3.05) is 18.5 Å². The van der Waals surface area contributed by atoms with Crippen LogP contribution >= 0.6 is 0 Å². The van der Waals surface area contributed by atoms with Gasteiger partial charge in [0.05, 0.1) is 13.2 Å². The molecule has 2 aromatic rings. The SMILES string of the molecule is CCOc1cc(Nc2ccc(OCC)c(CN)c2)ncn1. The highest BCUT2D eigenvalue weighted by atomic mass is 16.5. The second-order valence-corrected chi connectivity index (χ2v) is 4.26. The van der Waals surface area contributed by atoms with Crippen LogP contribution in [0.4, 0.5) is 11.5 Å². The Morgan fingerprint density at radius 3 is 2.62 bits per heavy atom. The topological polar surface area (TPSA) is 82.3 Å². The zero-order valence-electron chi connectivity index (χ0n) is 12.3. The van der Waals surface area contributed by atoms with Crippen molar-refractivity contribution in [3.63, 3.8) is 0 Å². The van der Waals surface area contributed by atoms with Crippen molar-refractivity contribution in [1.82, 2.24) is 9.97 Å². The molecule has 0 unspecified atom stereocenters. The third kappa shape index (κ3) is 4.06. The summed E-state index contributed by atoms with van der Waals surface area (Å²) in [6.07, 6.45) is 1.46. The van der Waals surface area contributed by atoms with Gasteiger partial charge in [-0.25, -0.2) is 9.97 Å². The van der Waals surface area contributed by atoms with Gasteiger partial charge in [0.1, 0.15) is 17.9 Å². The Balaban J connectivity index is 2.17. The maximum atomic E-state index is 5.75. The fourth-order valence-corrected chi connectivity index (χ4v) is 1.90. The van der Waals surface area contributed by atoms with Crippen molar-refractivity contribution in [2.45, 2.75) is 20.4 Å². The van der Waals surface area contributed by atoms with Crippen molar-refractivity contribution >= 4 is 11.5 Å². The highest BCUT2D eigenvalue weighted by Crippen LogP contribution is 2.25. The van der Waals surface area contributed by atoms with Gasteiger partial charge in [-0.3, -0.25) is 0 Å². The van der Waals surface area contributed by atoms with E-state index in [1.807, 2.05) is 32.0 Å². The van der Waals surface area contributed by atoms with Gasteiger partial charge in [-0.15, -0.1) is 0 Å². The molecule has 6 heteroatoms. The first-order valence-corrected chi connectivity index (χ1v) is 6.94. The number of ether oxygens (including phenoxy) is 2. The highest BCUT2D eigenvalue weighted by molar-refractivity contribution is 5.59. The van der Waals surface area contributed by atoms with E-state index in [1.165, 1.54) is 6.33 Å². The van der Waals surface area contributed by atoms with E-state index in [2.05, 4.69) is 15.3 Å². The number of nitrogens with two attached hydrogens (primary N) is 1. The molecule has 3 N–H and O–H groups in total. The van der Waals surface area contributed by atoms with Gasteiger partial charge in [0.15, 0.2) is 0 Å². The Morgan fingerprint density at radius 1 is 1.10 bits per heavy atom. The first-order chi connectivity index (χ1) is 10.3. The summed E-state index contributed by atoms with van der Waals surface area (Å²) in [7, 11) is 0. The van der Waals surface area contributed by atoms with E-state index in [0.717, 1.165) is 17.0 Å². The van der Waals surface area contributed by atoms with Crippen LogP contribution in [0.3, 0.4) is 0 Å². The van der Waals surface area contributed by atoms with Crippen molar-refractivity contribution in [1.29, 1.82) is 0 Å². The minimum atomic E-state index is 0.415. The summed E-state index contributed by atoms with van der Waals surface area (Å²) in [6.45, 7) is 5.46. The number of hydrogen-bond donors (Lipinski definition) is 2. The number of benzene rings is 1. The third-order valence-electron chi connectivity index (χ3n) is 2.79. The molecule has 0 aliphatic carbocycles. The van der Waals surface area contributed by atoms with Crippen LogP contribution in [0.15, 0.2) is 30.6 Å². The van der Waals surface area contributed by atoms with Crippen LogP contribution in [-0.4, -0.2) is 23.2 Å². The molecule has 1 aromatic carbocycles. The Labute approximate surface area is 124 Å². The van der Waals surface area contributed by atoms with Crippen LogP contribution < -0.4 is 20.5 Å². The smallest absolute Gasteiger partial charge is 0.218 e. The quantitative estimate of drug-likeness (QED) is 0.814. The molecule has 0 saturated heterocycles. The average molecular weight is 288 g/mol. The minimum absolute atomic E-state index is 0.415. The molecule has 0 radical (unpaired) electrons. The Kier molecular flexibility index (Phi) is 5.34.